The number of carbonyl (C=O) groups excluding carboxylic acids is 2. The minimum absolute atomic E-state index is 0.0560. The average Bonchev–Trinajstić information content (AvgIpc) is 2.52. The molecule has 5 heteroatoms. The van der Waals surface area contributed by atoms with E-state index in [0.29, 0.717) is 17.9 Å². The van der Waals surface area contributed by atoms with Crippen molar-refractivity contribution in [3.63, 3.8) is 0 Å². The lowest BCUT2D eigenvalue weighted by Crippen LogP contribution is -2.28. The van der Waals surface area contributed by atoms with Crippen molar-refractivity contribution in [3.8, 4) is 5.75 Å². The molecule has 0 saturated carbocycles. The van der Waals surface area contributed by atoms with E-state index < -0.39 is 5.91 Å². The van der Waals surface area contributed by atoms with Crippen LogP contribution in [-0.2, 0) is 11.3 Å². The van der Waals surface area contributed by atoms with Gasteiger partial charge in [0.2, 0.25) is 5.91 Å². The Balaban J connectivity index is 1.81. The third kappa shape index (κ3) is 4.65. The molecule has 0 aliphatic rings. The van der Waals surface area contributed by atoms with Gasteiger partial charge in [-0.1, -0.05) is 30.3 Å². The number of nitrogens with two attached hydrogens (primary N) is 1. The first-order valence-electron chi connectivity index (χ1n) is 6.48. The van der Waals surface area contributed by atoms with E-state index in [4.69, 9.17) is 10.5 Å². The molecule has 0 aliphatic heterocycles. The highest BCUT2D eigenvalue weighted by atomic mass is 16.5. The van der Waals surface area contributed by atoms with Gasteiger partial charge in [-0.2, -0.15) is 0 Å². The van der Waals surface area contributed by atoms with Gasteiger partial charge < -0.3 is 15.8 Å². The maximum absolute atomic E-state index is 11.7. The highest BCUT2D eigenvalue weighted by Crippen LogP contribution is 2.08. The van der Waals surface area contributed by atoms with Gasteiger partial charge in [-0.25, -0.2) is 0 Å². The fourth-order valence-electron chi connectivity index (χ4n) is 1.75. The number of nitrogens with one attached hydrogen (secondary N) is 1. The molecule has 0 atom stereocenters. The predicted octanol–water partition coefficient (Wildman–Crippen LogP) is 1.48. The summed E-state index contributed by atoms with van der Waals surface area (Å²) in [6.45, 7) is 0.262. The number of hydrogen-bond acceptors (Lipinski definition) is 3. The standard InChI is InChI=1S/C16H16N2O3/c17-16(20)13-6-4-5-12(9-13)10-18-15(19)11-21-14-7-2-1-3-8-14/h1-9H,10-11H2,(H2,17,20)(H,18,19). The molecular formula is C16H16N2O3. The minimum Gasteiger partial charge on any atom is -0.484 e. The lowest BCUT2D eigenvalue weighted by Gasteiger charge is -2.08. The van der Waals surface area contributed by atoms with Crippen LogP contribution >= 0.6 is 0 Å². The number of ether oxygens (including phenoxy) is 1. The van der Waals surface area contributed by atoms with Crippen LogP contribution in [-0.4, -0.2) is 18.4 Å². The summed E-state index contributed by atoms with van der Waals surface area (Å²) in [6.07, 6.45) is 0. The Bertz CT molecular complexity index is 626. The van der Waals surface area contributed by atoms with E-state index in [1.807, 2.05) is 24.3 Å². The second-order valence-corrected chi connectivity index (χ2v) is 4.44. The monoisotopic (exact) mass is 284 g/mol. The SMILES string of the molecule is NC(=O)c1cccc(CNC(=O)COc2ccccc2)c1. The first-order chi connectivity index (χ1) is 10.1. The summed E-state index contributed by atoms with van der Waals surface area (Å²) in [5, 5.41) is 2.72. The highest BCUT2D eigenvalue weighted by Gasteiger charge is 2.04. The molecule has 0 unspecified atom stereocenters. The van der Waals surface area contributed by atoms with E-state index in [-0.39, 0.29) is 12.5 Å². The molecule has 5 nitrogen and oxygen atoms in total. The fraction of sp³-hybridized carbons (Fsp3) is 0.125. The lowest BCUT2D eigenvalue weighted by molar-refractivity contribution is -0.123. The zero-order valence-electron chi connectivity index (χ0n) is 11.4. The van der Waals surface area contributed by atoms with Gasteiger partial charge in [-0.3, -0.25) is 9.59 Å². The molecule has 0 heterocycles. The van der Waals surface area contributed by atoms with Crippen LogP contribution in [0.3, 0.4) is 0 Å². The van der Waals surface area contributed by atoms with Crippen molar-refractivity contribution in [2.45, 2.75) is 6.54 Å². The quantitative estimate of drug-likeness (QED) is 0.843. The first kappa shape index (κ1) is 14.6. The second-order valence-electron chi connectivity index (χ2n) is 4.44. The van der Waals surface area contributed by atoms with Crippen molar-refractivity contribution in [1.29, 1.82) is 0 Å². The Morgan fingerprint density at radius 2 is 1.81 bits per heavy atom. The predicted molar refractivity (Wildman–Crippen MR) is 78.7 cm³/mol. The number of carbonyl (C=O) groups is 2. The fourth-order valence-corrected chi connectivity index (χ4v) is 1.75. The number of hydrogen-bond donors (Lipinski definition) is 2. The van der Waals surface area contributed by atoms with Gasteiger partial charge in [0.05, 0.1) is 0 Å². The number of rotatable bonds is 6. The van der Waals surface area contributed by atoms with E-state index in [2.05, 4.69) is 5.32 Å². The second kappa shape index (κ2) is 7.09. The van der Waals surface area contributed by atoms with Crippen LogP contribution < -0.4 is 15.8 Å². The highest BCUT2D eigenvalue weighted by molar-refractivity contribution is 5.92. The molecule has 2 aromatic rings. The summed E-state index contributed by atoms with van der Waals surface area (Å²) in [5.74, 6) is -0.0812. The van der Waals surface area contributed by atoms with Crippen LogP contribution in [0.4, 0.5) is 0 Å². The Labute approximate surface area is 122 Å². The number of benzene rings is 2. The molecule has 3 N–H and O–H groups in total. The van der Waals surface area contributed by atoms with Gasteiger partial charge in [0.25, 0.3) is 5.91 Å². The third-order valence-corrected chi connectivity index (χ3v) is 2.81. The minimum atomic E-state index is -0.490. The zero-order chi connectivity index (χ0) is 15.1. The normalized spacial score (nSPS) is 9.90. The van der Waals surface area contributed by atoms with E-state index in [9.17, 15) is 9.59 Å². The van der Waals surface area contributed by atoms with Crippen LogP contribution in [0, 0.1) is 0 Å². The van der Waals surface area contributed by atoms with Crippen molar-refractivity contribution >= 4 is 11.8 Å². The molecular weight excluding hydrogens is 268 g/mol. The maximum atomic E-state index is 11.7. The summed E-state index contributed by atoms with van der Waals surface area (Å²) in [4.78, 5) is 22.7. The van der Waals surface area contributed by atoms with Gasteiger partial charge in [-0.15, -0.1) is 0 Å². The van der Waals surface area contributed by atoms with Crippen molar-refractivity contribution in [2.75, 3.05) is 6.61 Å². The van der Waals surface area contributed by atoms with Crippen molar-refractivity contribution in [1.82, 2.24) is 5.32 Å². The largest absolute Gasteiger partial charge is 0.484 e. The summed E-state index contributed by atoms with van der Waals surface area (Å²) >= 11 is 0. The van der Waals surface area contributed by atoms with Gasteiger partial charge in [-0.05, 0) is 29.8 Å². The Morgan fingerprint density at radius 3 is 2.52 bits per heavy atom. The lowest BCUT2D eigenvalue weighted by atomic mass is 10.1. The van der Waals surface area contributed by atoms with Gasteiger partial charge in [0.15, 0.2) is 6.61 Å². The van der Waals surface area contributed by atoms with E-state index >= 15 is 0 Å². The Morgan fingerprint density at radius 1 is 1.05 bits per heavy atom. The molecule has 0 saturated heterocycles. The Kier molecular flexibility index (Phi) is 4.93. The molecule has 2 amide bonds. The number of para-hydroxylation sites is 1. The van der Waals surface area contributed by atoms with E-state index in [1.165, 1.54) is 0 Å². The molecule has 0 bridgehead atoms. The van der Waals surface area contributed by atoms with Crippen LogP contribution in [0.5, 0.6) is 5.75 Å². The molecule has 0 aromatic heterocycles. The van der Waals surface area contributed by atoms with Crippen LogP contribution in [0.1, 0.15) is 15.9 Å². The van der Waals surface area contributed by atoms with Crippen LogP contribution in [0.25, 0.3) is 0 Å². The van der Waals surface area contributed by atoms with E-state index in [1.54, 1.807) is 30.3 Å². The summed E-state index contributed by atoms with van der Waals surface area (Å²) in [6, 6.07) is 15.9. The van der Waals surface area contributed by atoms with Gasteiger partial charge in [0, 0.05) is 12.1 Å². The van der Waals surface area contributed by atoms with Crippen molar-refractivity contribution in [2.24, 2.45) is 5.73 Å². The van der Waals surface area contributed by atoms with Gasteiger partial charge >= 0.3 is 0 Å². The summed E-state index contributed by atoms with van der Waals surface area (Å²) in [7, 11) is 0. The first-order valence-corrected chi connectivity index (χ1v) is 6.48. The van der Waals surface area contributed by atoms with E-state index in [0.717, 1.165) is 5.56 Å². The Hall–Kier alpha value is -2.82. The number of amides is 2. The summed E-state index contributed by atoms with van der Waals surface area (Å²) < 4.78 is 5.33. The molecule has 0 aliphatic carbocycles. The van der Waals surface area contributed by atoms with Crippen LogP contribution in [0.2, 0.25) is 0 Å². The number of primary amides is 1. The van der Waals surface area contributed by atoms with Crippen LogP contribution in [0.15, 0.2) is 54.6 Å². The molecule has 0 fully saturated rings. The smallest absolute Gasteiger partial charge is 0.258 e. The topological polar surface area (TPSA) is 81.4 Å². The average molecular weight is 284 g/mol. The molecule has 0 spiro atoms. The molecule has 0 radical (unpaired) electrons. The molecule has 21 heavy (non-hydrogen) atoms. The zero-order valence-corrected chi connectivity index (χ0v) is 11.4. The third-order valence-electron chi connectivity index (χ3n) is 2.81. The molecule has 108 valence electrons. The molecule has 2 aromatic carbocycles. The van der Waals surface area contributed by atoms with Crippen molar-refractivity contribution < 1.29 is 14.3 Å². The van der Waals surface area contributed by atoms with Crippen molar-refractivity contribution in [3.05, 3.63) is 65.7 Å². The van der Waals surface area contributed by atoms with Gasteiger partial charge in [0.1, 0.15) is 5.75 Å². The maximum Gasteiger partial charge on any atom is 0.258 e. The summed E-state index contributed by atoms with van der Waals surface area (Å²) in [5.41, 5.74) is 6.43. The molecule has 2 rings (SSSR count).